The Morgan fingerprint density at radius 1 is 1.14 bits per heavy atom. The van der Waals surface area contributed by atoms with E-state index < -0.39 is 21.8 Å². The molecular formula is C23H23F3N6O3S. The molecule has 36 heavy (non-hydrogen) atoms. The minimum Gasteiger partial charge on any atom is -0.355 e. The molecule has 0 unspecified atom stereocenters. The molecule has 4 rings (SSSR count). The van der Waals surface area contributed by atoms with Gasteiger partial charge in [0.1, 0.15) is 11.4 Å². The lowest BCUT2D eigenvalue weighted by Gasteiger charge is -2.24. The van der Waals surface area contributed by atoms with E-state index in [0.717, 1.165) is 16.1 Å². The number of hydrogen-bond donors (Lipinski definition) is 2. The highest BCUT2D eigenvalue weighted by atomic mass is 32.2. The summed E-state index contributed by atoms with van der Waals surface area (Å²) >= 11 is 0. The summed E-state index contributed by atoms with van der Waals surface area (Å²) in [5, 5.41) is 5.62. The molecule has 0 radical (unpaired) electrons. The zero-order valence-electron chi connectivity index (χ0n) is 19.6. The van der Waals surface area contributed by atoms with Crippen LogP contribution in [0.2, 0.25) is 0 Å². The highest BCUT2D eigenvalue weighted by Gasteiger charge is 2.36. The summed E-state index contributed by atoms with van der Waals surface area (Å²) in [5.41, 5.74) is 1.69. The zero-order chi connectivity index (χ0) is 26.3. The van der Waals surface area contributed by atoms with Gasteiger partial charge in [0.2, 0.25) is 21.9 Å². The van der Waals surface area contributed by atoms with E-state index in [1.54, 1.807) is 42.5 Å². The number of rotatable bonds is 7. The highest BCUT2D eigenvalue weighted by molar-refractivity contribution is 7.92. The lowest BCUT2D eigenvalue weighted by atomic mass is 10.1. The Bertz CT molecular complexity index is 1430. The van der Waals surface area contributed by atoms with Crippen molar-refractivity contribution in [2.75, 3.05) is 40.2 Å². The number of carbonyl (C=O) groups excluding carboxylic acids is 1. The summed E-state index contributed by atoms with van der Waals surface area (Å²) in [6.07, 6.45) is -2.73. The predicted octanol–water partition coefficient (Wildman–Crippen LogP) is 3.77. The standard InChI is InChI=1S/C23H23F3N6O3S/c1-31(13-14-6-4-8-16(10-14)32(2)36(3,34)35)21-17(23(24,25)26)12-27-22(30-21)28-18-9-5-7-15-11-19(33)29-20(15)18/h4-10,12H,11,13H2,1-3H3,(H,29,33)(H,27,28,30). The molecule has 0 fully saturated rings. The molecule has 0 saturated heterocycles. The lowest BCUT2D eigenvalue weighted by Crippen LogP contribution is -2.25. The van der Waals surface area contributed by atoms with Gasteiger partial charge in [-0.1, -0.05) is 24.3 Å². The number of para-hydroxylation sites is 1. The van der Waals surface area contributed by atoms with Crippen LogP contribution in [0.1, 0.15) is 16.7 Å². The fourth-order valence-electron chi connectivity index (χ4n) is 3.79. The number of anilines is 5. The molecule has 1 aliphatic rings. The summed E-state index contributed by atoms with van der Waals surface area (Å²) in [6, 6.07) is 11.6. The molecule has 13 heteroatoms. The third kappa shape index (κ3) is 5.35. The van der Waals surface area contributed by atoms with Crippen molar-refractivity contribution < 1.29 is 26.4 Å². The van der Waals surface area contributed by atoms with Gasteiger partial charge in [0.25, 0.3) is 0 Å². The number of benzene rings is 2. The van der Waals surface area contributed by atoms with Crippen LogP contribution < -0.4 is 19.8 Å². The molecule has 190 valence electrons. The van der Waals surface area contributed by atoms with Gasteiger partial charge in [-0.05, 0) is 29.3 Å². The van der Waals surface area contributed by atoms with Crippen LogP contribution >= 0.6 is 0 Å². The number of carbonyl (C=O) groups is 1. The summed E-state index contributed by atoms with van der Waals surface area (Å²) in [4.78, 5) is 21.1. The molecule has 1 aliphatic heterocycles. The Balaban J connectivity index is 1.65. The maximum Gasteiger partial charge on any atom is 0.421 e. The first-order valence-corrected chi connectivity index (χ1v) is 12.5. The van der Waals surface area contributed by atoms with Gasteiger partial charge in [0.05, 0.1) is 29.7 Å². The summed E-state index contributed by atoms with van der Waals surface area (Å²) in [7, 11) is -0.660. The van der Waals surface area contributed by atoms with Crippen LogP contribution in [0.15, 0.2) is 48.7 Å². The van der Waals surface area contributed by atoms with E-state index in [1.807, 2.05) is 0 Å². The molecule has 2 heterocycles. The molecule has 3 aromatic rings. The topological polar surface area (TPSA) is 108 Å². The second-order valence-corrected chi connectivity index (χ2v) is 10.4. The first-order chi connectivity index (χ1) is 16.8. The Morgan fingerprint density at radius 2 is 1.86 bits per heavy atom. The van der Waals surface area contributed by atoms with Gasteiger partial charge in [-0.2, -0.15) is 18.2 Å². The molecule has 0 aliphatic carbocycles. The van der Waals surface area contributed by atoms with Crippen LogP contribution in [0.3, 0.4) is 0 Å². The molecule has 1 aromatic heterocycles. The Hall–Kier alpha value is -3.87. The number of hydrogen-bond acceptors (Lipinski definition) is 7. The highest BCUT2D eigenvalue weighted by Crippen LogP contribution is 2.37. The number of amides is 1. The van der Waals surface area contributed by atoms with Crippen molar-refractivity contribution >= 4 is 44.8 Å². The van der Waals surface area contributed by atoms with E-state index in [9.17, 15) is 26.4 Å². The summed E-state index contributed by atoms with van der Waals surface area (Å²) in [6.45, 7) is 0.0156. The SMILES string of the molecule is CN(Cc1cccc(N(C)S(C)(=O)=O)c1)c1nc(Nc2cccc3c2NC(=O)C3)ncc1C(F)(F)F. The molecule has 0 atom stereocenters. The van der Waals surface area contributed by atoms with E-state index in [1.165, 1.54) is 19.0 Å². The normalized spacial score (nSPS) is 13.2. The van der Waals surface area contributed by atoms with Crippen LogP contribution in [0.5, 0.6) is 0 Å². The van der Waals surface area contributed by atoms with Gasteiger partial charge in [0, 0.05) is 26.8 Å². The van der Waals surface area contributed by atoms with E-state index in [2.05, 4.69) is 20.6 Å². The van der Waals surface area contributed by atoms with Crippen molar-refractivity contribution in [1.29, 1.82) is 0 Å². The van der Waals surface area contributed by atoms with Crippen molar-refractivity contribution in [3.05, 3.63) is 65.4 Å². The third-order valence-corrected chi connectivity index (χ3v) is 6.85. The van der Waals surface area contributed by atoms with Crippen LogP contribution in [0, 0.1) is 0 Å². The molecule has 0 bridgehead atoms. The quantitative estimate of drug-likeness (QED) is 0.488. The minimum atomic E-state index is -4.71. The summed E-state index contributed by atoms with van der Waals surface area (Å²) < 4.78 is 66.2. The van der Waals surface area contributed by atoms with Crippen molar-refractivity contribution in [3.8, 4) is 0 Å². The third-order valence-electron chi connectivity index (χ3n) is 5.64. The Morgan fingerprint density at radius 3 is 2.56 bits per heavy atom. The molecular weight excluding hydrogens is 497 g/mol. The van der Waals surface area contributed by atoms with Crippen molar-refractivity contribution in [1.82, 2.24) is 9.97 Å². The number of nitrogens with one attached hydrogen (secondary N) is 2. The second-order valence-electron chi connectivity index (χ2n) is 8.37. The van der Waals surface area contributed by atoms with Crippen molar-refractivity contribution in [2.45, 2.75) is 19.1 Å². The fourth-order valence-corrected chi connectivity index (χ4v) is 4.29. The van der Waals surface area contributed by atoms with Gasteiger partial charge in [-0.3, -0.25) is 9.10 Å². The van der Waals surface area contributed by atoms with Crippen molar-refractivity contribution in [3.63, 3.8) is 0 Å². The van der Waals surface area contributed by atoms with E-state index in [4.69, 9.17) is 0 Å². The van der Waals surface area contributed by atoms with Crippen LogP contribution in [-0.4, -0.2) is 44.6 Å². The van der Waals surface area contributed by atoms with Gasteiger partial charge >= 0.3 is 6.18 Å². The molecule has 0 spiro atoms. The van der Waals surface area contributed by atoms with E-state index in [-0.39, 0.29) is 30.6 Å². The molecule has 0 saturated carbocycles. The smallest absolute Gasteiger partial charge is 0.355 e. The Labute approximate surface area is 206 Å². The number of alkyl halides is 3. The number of sulfonamides is 1. The van der Waals surface area contributed by atoms with Crippen LogP contribution in [0.25, 0.3) is 0 Å². The molecule has 2 N–H and O–H groups in total. The minimum absolute atomic E-state index is 0.0156. The van der Waals surface area contributed by atoms with Gasteiger partial charge < -0.3 is 15.5 Å². The number of nitrogens with zero attached hydrogens (tertiary/aromatic N) is 4. The first kappa shape index (κ1) is 25.2. The predicted molar refractivity (Wildman–Crippen MR) is 131 cm³/mol. The van der Waals surface area contributed by atoms with Crippen LogP contribution in [0.4, 0.5) is 42.0 Å². The molecule has 1 amide bonds. The number of fused-ring (bicyclic) bond motifs is 1. The average Bonchev–Trinajstić information content (AvgIpc) is 3.18. The lowest BCUT2D eigenvalue weighted by molar-refractivity contribution is -0.137. The second kappa shape index (κ2) is 9.30. The molecule has 9 nitrogen and oxygen atoms in total. The van der Waals surface area contributed by atoms with Crippen molar-refractivity contribution in [2.24, 2.45) is 0 Å². The number of halogens is 3. The maximum atomic E-state index is 13.8. The van der Waals surface area contributed by atoms with E-state index in [0.29, 0.717) is 28.8 Å². The average molecular weight is 521 g/mol. The zero-order valence-corrected chi connectivity index (χ0v) is 20.4. The van der Waals surface area contributed by atoms with Gasteiger partial charge in [0.15, 0.2) is 0 Å². The molecule has 2 aromatic carbocycles. The van der Waals surface area contributed by atoms with Gasteiger partial charge in [-0.15, -0.1) is 0 Å². The fraction of sp³-hybridized carbons (Fsp3) is 0.261. The summed E-state index contributed by atoms with van der Waals surface area (Å²) in [5.74, 6) is -0.625. The Kier molecular flexibility index (Phi) is 6.52. The maximum absolute atomic E-state index is 13.8. The largest absolute Gasteiger partial charge is 0.421 e. The van der Waals surface area contributed by atoms with Gasteiger partial charge in [-0.25, -0.2) is 13.4 Å². The van der Waals surface area contributed by atoms with E-state index >= 15 is 0 Å². The monoisotopic (exact) mass is 520 g/mol. The number of aromatic nitrogens is 2. The van der Waals surface area contributed by atoms with Crippen LogP contribution in [-0.2, 0) is 34.0 Å². The first-order valence-electron chi connectivity index (χ1n) is 10.7.